The second kappa shape index (κ2) is 12.7. The molecule has 0 spiro atoms. The van der Waals surface area contributed by atoms with Gasteiger partial charge in [-0.15, -0.1) is 5.11 Å². The number of anilines is 1. The average molecular weight is 441 g/mol. The second-order valence-electron chi connectivity index (χ2n) is 6.42. The van der Waals surface area contributed by atoms with Crippen LogP contribution in [-0.4, -0.2) is 56.0 Å². The Morgan fingerprint density at radius 1 is 1.19 bits per heavy atom. The number of nitro groups is 1. The fourth-order valence-electron chi connectivity index (χ4n) is 2.70. The number of aliphatic hydroxyl groups is 1. The van der Waals surface area contributed by atoms with Crippen molar-refractivity contribution in [3.8, 4) is 6.07 Å². The van der Waals surface area contributed by atoms with Gasteiger partial charge in [-0.2, -0.15) is 10.4 Å². The zero-order valence-electron chi connectivity index (χ0n) is 17.5. The van der Waals surface area contributed by atoms with Crippen molar-refractivity contribution in [1.82, 2.24) is 0 Å². The minimum Gasteiger partial charge on any atom is -0.460 e. The Bertz CT molecular complexity index is 987. The van der Waals surface area contributed by atoms with E-state index in [-0.39, 0.29) is 36.8 Å². The van der Waals surface area contributed by atoms with Gasteiger partial charge in [-0.1, -0.05) is 0 Å². The summed E-state index contributed by atoms with van der Waals surface area (Å²) < 4.78 is 9.76. The number of esters is 1. The van der Waals surface area contributed by atoms with Gasteiger partial charge >= 0.3 is 5.97 Å². The number of carbonyl (C=O) groups is 1. The van der Waals surface area contributed by atoms with E-state index < -0.39 is 10.9 Å². The van der Waals surface area contributed by atoms with E-state index in [2.05, 4.69) is 16.3 Å². The van der Waals surface area contributed by atoms with E-state index in [1.165, 1.54) is 19.2 Å². The quantitative estimate of drug-likeness (QED) is 0.173. The minimum absolute atomic E-state index is 0.0107. The first-order valence-corrected chi connectivity index (χ1v) is 9.69. The summed E-state index contributed by atoms with van der Waals surface area (Å²) in [7, 11) is 1.46. The zero-order chi connectivity index (χ0) is 23.3. The van der Waals surface area contributed by atoms with Crippen LogP contribution in [0.5, 0.6) is 0 Å². The molecule has 2 rings (SSSR count). The molecule has 0 aromatic heterocycles. The van der Waals surface area contributed by atoms with Crippen LogP contribution in [0, 0.1) is 21.4 Å². The summed E-state index contributed by atoms with van der Waals surface area (Å²) in [6, 6.07) is 12.7. The Morgan fingerprint density at radius 2 is 1.94 bits per heavy atom. The number of ether oxygens (including phenoxy) is 2. The van der Waals surface area contributed by atoms with Crippen molar-refractivity contribution in [1.29, 1.82) is 5.26 Å². The van der Waals surface area contributed by atoms with Crippen molar-refractivity contribution >= 4 is 28.7 Å². The molecule has 11 heteroatoms. The first kappa shape index (κ1) is 24.4. The number of nitriles is 1. The molecule has 2 aromatic carbocycles. The monoisotopic (exact) mass is 441 g/mol. The highest BCUT2D eigenvalue weighted by Crippen LogP contribution is 2.30. The summed E-state index contributed by atoms with van der Waals surface area (Å²) in [5, 5.41) is 37.4. The molecule has 0 radical (unpaired) electrons. The SMILES string of the molecule is COCCOC(=O)c1ccc(N=Nc2ccc(N(CCO)CCC#N)cc2)c([N+](=O)[O-])c1. The average Bonchev–Trinajstić information content (AvgIpc) is 2.80. The first-order chi connectivity index (χ1) is 15.5. The van der Waals surface area contributed by atoms with Crippen LogP contribution in [-0.2, 0) is 9.47 Å². The third kappa shape index (κ3) is 7.12. The van der Waals surface area contributed by atoms with Crippen molar-refractivity contribution in [2.24, 2.45) is 10.2 Å². The molecule has 0 aliphatic rings. The van der Waals surface area contributed by atoms with Crippen molar-refractivity contribution in [3.63, 3.8) is 0 Å². The summed E-state index contributed by atoms with van der Waals surface area (Å²) in [6.07, 6.45) is 0.320. The molecular formula is C21H23N5O6. The molecule has 0 saturated heterocycles. The number of nitrogens with zero attached hydrogens (tertiary/aromatic N) is 5. The molecule has 0 fully saturated rings. The number of nitro benzene ring substituents is 1. The van der Waals surface area contributed by atoms with E-state index in [0.717, 1.165) is 11.8 Å². The van der Waals surface area contributed by atoms with Gasteiger partial charge in [0.05, 0.1) is 41.9 Å². The maximum atomic E-state index is 12.0. The van der Waals surface area contributed by atoms with Crippen molar-refractivity contribution in [2.75, 3.05) is 44.9 Å². The lowest BCUT2D eigenvalue weighted by molar-refractivity contribution is -0.384. The molecule has 0 aliphatic carbocycles. The van der Waals surface area contributed by atoms with Gasteiger partial charge in [0.15, 0.2) is 5.69 Å². The van der Waals surface area contributed by atoms with Crippen LogP contribution < -0.4 is 4.90 Å². The number of carbonyl (C=O) groups excluding carboxylic acids is 1. The van der Waals surface area contributed by atoms with Crippen molar-refractivity contribution < 1.29 is 24.3 Å². The van der Waals surface area contributed by atoms with Crippen LogP contribution in [0.25, 0.3) is 0 Å². The maximum Gasteiger partial charge on any atom is 0.338 e. The fraction of sp³-hybridized carbons (Fsp3) is 0.333. The normalized spacial score (nSPS) is 10.7. The van der Waals surface area contributed by atoms with Crippen LogP contribution in [0.15, 0.2) is 52.7 Å². The number of azo groups is 1. The summed E-state index contributed by atoms with van der Waals surface area (Å²) in [4.78, 5) is 24.6. The highest BCUT2D eigenvalue weighted by molar-refractivity contribution is 5.91. The largest absolute Gasteiger partial charge is 0.460 e. The third-order valence-corrected chi connectivity index (χ3v) is 4.28. The number of aliphatic hydroxyl groups excluding tert-OH is 1. The molecule has 0 heterocycles. The highest BCUT2D eigenvalue weighted by Gasteiger charge is 2.18. The van der Waals surface area contributed by atoms with Gasteiger partial charge < -0.3 is 19.5 Å². The molecule has 0 bridgehead atoms. The minimum atomic E-state index is -0.701. The van der Waals surface area contributed by atoms with Crippen LogP contribution in [0.4, 0.5) is 22.7 Å². The van der Waals surface area contributed by atoms with Crippen LogP contribution in [0.1, 0.15) is 16.8 Å². The lowest BCUT2D eigenvalue weighted by atomic mass is 10.2. The van der Waals surface area contributed by atoms with Gasteiger partial charge in [-0.3, -0.25) is 10.1 Å². The smallest absolute Gasteiger partial charge is 0.338 e. The van der Waals surface area contributed by atoms with Crippen LogP contribution >= 0.6 is 0 Å². The Hall–Kier alpha value is -3.88. The van der Waals surface area contributed by atoms with Gasteiger partial charge in [0.25, 0.3) is 5.69 Å². The summed E-state index contributed by atoms with van der Waals surface area (Å²) in [6.45, 7) is 1.06. The predicted molar refractivity (Wildman–Crippen MR) is 115 cm³/mol. The molecular weight excluding hydrogens is 418 g/mol. The molecule has 168 valence electrons. The van der Waals surface area contributed by atoms with Gasteiger partial charge in [0.1, 0.15) is 6.61 Å². The molecule has 2 aromatic rings. The topological polar surface area (TPSA) is 151 Å². The molecule has 0 saturated carbocycles. The Labute approximate surface area is 184 Å². The van der Waals surface area contributed by atoms with Crippen LogP contribution in [0.3, 0.4) is 0 Å². The molecule has 1 N–H and O–H groups in total. The standard InChI is InChI=1S/C21H23N5O6/c1-31-13-14-32-21(28)16-3-8-19(20(15-16)26(29)30)24-23-17-4-6-18(7-5-17)25(11-12-27)10-2-9-22/h3-8,15,27H,2,10-14H2,1H3. The maximum absolute atomic E-state index is 12.0. The van der Waals surface area contributed by atoms with Gasteiger partial charge in [-0.25, -0.2) is 4.79 Å². The van der Waals surface area contributed by atoms with Crippen LogP contribution in [0.2, 0.25) is 0 Å². The molecule has 11 nitrogen and oxygen atoms in total. The van der Waals surface area contributed by atoms with E-state index in [4.69, 9.17) is 14.7 Å². The predicted octanol–water partition coefficient (Wildman–Crippen LogP) is 3.53. The highest BCUT2D eigenvalue weighted by atomic mass is 16.6. The number of hydrogen-bond donors (Lipinski definition) is 1. The van der Waals surface area contributed by atoms with Gasteiger partial charge in [-0.05, 0) is 36.4 Å². The number of hydrogen-bond acceptors (Lipinski definition) is 10. The molecule has 32 heavy (non-hydrogen) atoms. The third-order valence-electron chi connectivity index (χ3n) is 4.28. The summed E-state index contributed by atoms with van der Waals surface area (Å²) in [5.74, 6) is -0.701. The number of benzene rings is 2. The molecule has 0 amide bonds. The fourth-order valence-corrected chi connectivity index (χ4v) is 2.70. The summed E-state index contributed by atoms with van der Waals surface area (Å²) in [5.41, 5.74) is 0.893. The van der Waals surface area contributed by atoms with E-state index in [0.29, 0.717) is 25.2 Å². The lowest BCUT2D eigenvalue weighted by Gasteiger charge is -2.22. The zero-order valence-corrected chi connectivity index (χ0v) is 17.5. The Balaban J connectivity index is 2.17. The summed E-state index contributed by atoms with van der Waals surface area (Å²) >= 11 is 0. The van der Waals surface area contributed by atoms with E-state index >= 15 is 0 Å². The number of rotatable bonds is 12. The molecule has 0 atom stereocenters. The number of methoxy groups -OCH3 is 1. The second-order valence-corrected chi connectivity index (χ2v) is 6.42. The van der Waals surface area contributed by atoms with Gasteiger partial charge in [0.2, 0.25) is 0 Å². The molecule has 0 aliphatic heterocycles. The Kier molecular flexibility index (Phi) is 9.70. The van der Waals surface area contributed by atoms with E-state index in [9.17, 15) is 20.0 Å². The lowest BCUT2D eigenvalue weighted by Crippen LogP contribution is -2.27. The Morgan fingerprint density at radius 3 is 2.56 bits per heavy atom. The van der Waals surface area contributed by atoms with E-state index in [1.807, 2.05) is 4.90 Å². The van der Waals surface area contributed by atoms with E-state index in [1.54, 1.807) is 24.3 Å². The van der Waals surface area contributed by atoms with Gasteiger partial charge in [0, 0.05) is 32.0 Å². The first-order valence-electron chi connectivity index (χ1n) is 9.69. The van der Waals surface area contributed by atoms with Crippen molar-refractivity contribution in [2.45, 2.75) is 6.42 Å². The molecule has 0 unspecified atom stereocenters. The van der Waals surface area contributed by atoms with Crippen molar-refractivity contribution in [3.05, 3.63) is 58.1 Å².